The van der Waals surface area contributed by atoms with Gasteiger partial charge in [-0.3, -0.25) is 4.79 Å². The molecule has 6 nitrogen and oxygen atoms in total. The molecule has 1 N–H and O–H groups in total. The molecule has 1 aromatic rings. The molecular weight excluding hydrogens is 372 g/mol. The third-order valence-corrected chi connectivity index (χ3v) is 5.31. The fourth-order valence-corrected chi connectivity index (χ4v) is 3.47. The van der Waals surface area contributed by atoms with Crippen LogP contribution in [0.25, 0.3) is 0 Å². The van der Waals surface area contributed by atoms with Gasteiger partial charge in [-0.1, -0.05) is 39.8 Å². The van der Waals surface area contributed by atoms with Crippen LogP contribution < -0.4 is 4.74 Å². The van der Waals surface area contributed by atoms with Crippen LogP contribution in [0.2, 0.25) is 0 Å². The number of hydrogen-bond donors (Lipinski definition) is 1. The Labute approximate surface area is 174 Å². The van der Waals surface area contributed by atoms with Crippen LogP contribution in [0.4, 0.5) is 0 Å². The van der Waals surface area contributed by atoms with Crippen LogP contribution in [0.5, 0.6) is 5.75 Å². The molecule has 0 radical (unpaired) electrons. The van der Waals surface area contributed by atoms with Gasteiger partial charge in [0.2, 0.25) is 0 Å². The molecule has 0 unspecified atom stereocenters. The van der Waals surface area contributed by atoms with Crippen molar-refractivity contribution in [1.29, 1.82) is 0 Å². The summed E-state index contributed by atoms with van der Waals surface area (Å²) in [7, 11) is 1.63. The molecule has 0 saturated carbocycles. The molecule has 2 rings (SSSR count). The topological polar surface area (TPSA) is 74.2 Å². The molecule has 1 aliphatic rings. The van der Waals surface area contributed by atoms with Crippen molar-refractivity contribution >= 4 is 5.78 Å². The van der Waals surface area contributed by atoms with E-state index in [2.05, 4.69) is 0 Å². The van der Waals surface area contributed by atoms with Crippen LogP contribution in [0.15, 0.2) is 24.3 Å². The predicted octanol–water partition coefficient (Wildman–Crippen LogP) is 3.73. The summed E-state index contributed by atoms with van der Waals surface area (Å²) < 4.78 is 22.8. The molecule has 0 amide bonds. The quantitative estimate of drug-likeness (QED) is 0.636. The first-order valence-corrected chi connectivity index (χ1v) is 10.2. The van der Waals surface area contributed by atoms with Crippen LogP contribution in [0.3, 0.4) is 0 Å². The van der Waals surface area contributed by atoms with Crippen LogP contribution in [0.1, 0.15) is 53.5 Å². The fourth-order valence-electron chi connectivity index (χ4n) is 3.47. The zero-order valence-corrected chi connectivity index (χ0v) is 18.7. The second kappa shape index (κ2) is 9.56. The molecule has 0 spiro atoms. The number of aliphatic hydroxyl groups is 1. The highest BCUT2D eigenvalue weighted by molar-refractivity contribution is 5.89. The molecule has 1 fully saturated rings. The van der Waals surface area contributed by atoms with Gasteiger partial charge in [-0.25, -0.2) is 0 Å². The Balaban J connectivity index is 2.02. The number of aliphatic hydroxyl groups excluding tert-OH is 1. The minimum absolute atomic E-state index is 0.158. The van der Waals surface area contributed by atoms with Crippen LogP contribution in [-0.2, 0) is 25.6 Å². The maximum Gasteiger partial charge on any atom is 0.172 e. The monoisotopic (exact) mass is 408 g/mol. The van der Waals surface area contributed by atoms with Gasteiger partial charge in [-0.2, -0.15) is 0 Å². The lowest BCUT2D eigenvalue weighted by atomic mass is 9.76. The molecule has 164 valence electrons. The number of rotatable bonds is 10. The van der Waals surface area contributed by atoms with E-state index in [0.29, 0.717) is 13.0 Å². The highest BCUT2D eigenvalue weighted by Gasteiger charge is 2.50. The van der Waals surface area contributed by atoms with E-state index in [1.54, 1.807) is 34.8 Å². The molecular formula is C23H36O6. The molecule has 1 aliphatic heterocycles. The van der Waals surface area contributed by atoms with E-state index in [9.17, 15) is 9.90 Å². The summed E-state index contributed by atoms with van der Waals surface area (Å²) in [5.41, 5.74) is 0.0620. The number of ether oxygens (including phenoxy) is 4. The summed E-state index contributed by atoms with van der Waals surface area (Å²) in [6, 6.07) is 7.62. The lowest BCUT2D eigenvalue weighted by Gasteiger charge is -2.33. The van der Waals surface area contributed by atoms with Crippen molar-refractivity contribution < 1.29 is 28.8 Å². The van der Waals surface area contributed by atoms with Crippen molar-refractivity contribution in [2.24, 2.45) is 11.3 Å². The number of carbonyl (C=O) groups excluding carboxylic acids is 1. The minimum atomic E-state index is -0.938. The van der Waals surface area contributed by atoms with E-state index in [-0.39, 0.29) is 18.3 Å². The Kier molecular flexibility index (Phi) is 7.85. The zero-order valence-electron chi connectivity index (χ0n) is 18.7. The molecule has 1 saturated heterocycles. The third kappa shape index (κ3) is 6.25. The minimum Gasteiger partial charge on any atom is -0.497 e. The van der Waals surface area contributed by atoms with Gasteiger partial charge in [0.25, 0.3) is 0 Å². The Hall–Kier alpha value is -1.47. The Morgan fingerprint density at radius 2 is 1.83 bits per heavy atom. The van der Waals surface area contributed by atoms with Crippen molar-refractivity contribution in [1.82, 2.24) is 0 Å². The van der Waals surface area contributed by atoms with Gasteiger partial charge >= 0.3 is 0 Å². The second-order valence-corrected chi connectivity index (χ2v) is 9.19. The van der Waals surface area contributed by atoms with Crippen molar-refractivity contribution in [2.45, 2.75) is 78.7 Å². The lowest BCUT2D eigenvalue weighted by Crippen LogP contribution is -2.48. The molecule has 3 atom stereocenters. The van der Waals surface area contributed by atoms with Crippen molar-refractivity contribution in [3.05, 3.63) is 29.8 Å². The molecule has 29 heavy (non-hydrogen) atoms. The standard InChI is InChI=1S/C23H36O6/c1-15(2)12-19(24)22(3,4)21(25)20-18(28-23(5,6)29-20)14-27-13-16-8-10-17(26-7)11-9-16/h8-11,15,18-20,24H,12-14H2,1-7H3/t18-,19+,20+/m1/s1. The average Bonchev–Trinajstić information content (AvgIpc) is 2.95. The molecule has 0 bridgehead atoms. The number of methoxy groups -OCH3 is 1. The summed E-state index contributed by atoms with van der Waals surface area (Å²) in [4.78, 5) is 13.3. The van der Waals surface area contributed by atoms with Gasteiger partial charge in [0, 0.05) is 0 Å². The molecule has 0 aliphatic carbocycles. The summed E-state index contributed by atoms with van der Waals surface area (Å²) in [5.74, 6) is 0.0381. The third-order valence-electron chi connectivity index (χ3n) is 5.31. The number of hydrogen-bond acceptors (Lipinski definition) is 6. The molecule has 0 aromatic heterocycles. The predicted molar refractivity (Wildman–Crippen MR) is 111 cm³/mol. The Bertz CT molecular complexity index is 664. The van der Waals surface area contributed by atoms with Gasteiger partial charge in [0.05, 0.1) is 31.8 Å². The van der Waals surface area contributed by atoms with Gasteiger partial charge < -0.3 is 24.1 Å². The van der Waals surface area contributed by atoms with E-state index in [4.69, 9.17) is 18.9 Å². The zero-order chi connectivity index (χ0) is 21.8. The first kappa shape index (κ1) is 23.8. The first-order valence-electron chi connectivity index (χ1n) is 10.2. The molecule has 6 heteroatoms. The Morgan fingerprint density at radius 1 is 1.21 bits per heavy atom. The van der Waals surface area contributed by atoms with E-state index >= 15 is 0 Å². The summed E-state index contributed by atoms with van der Waals surface area (Å²) in [5, 5.41) is 10.6. The number of carbonyl (C=O) groups is 1. The van der Waals surface area contributed by atoms with Crippen molar-refractivity contribution in [3.63, 3.8) is 0 Å². The molecule has 1 aromatic carbocycles. The largest absolute Gasteiger partial charge is 0.497 e. The number of Topliss-reactive ketones (excluding diaryl/α,β-unsaturated/α-hetero) is 1. The highest BCUT2D eigenvalue weighted by atomic mass is 16.8. The van der Waals surface area contributed by atoms with E-state index in [1.807, 2.05) is 38.1 Å². The second-order valence-electron chi connectivity index (χ2n) is 9.19. The van der Waals surface area contributed by atoms with E-state index in [0.717, 1.165) is 11.3 Å². The smallest absolute Gasteiger partial charge is 0.172 e. The number of benzene rings is 1. The highest BCUT2D eigenvalue weighted by Crippen LogP contribution is 2.36. The summed E-state index contributed by atoms with van der Waals surface area (Å²) >= 11 is 0. The van der Waals surface area contributed by atoms with Crippen LogP contribution >= 0.6 is 0 Å². The Morgan fingerprint density at radius 3 is 2.38 bits per heavy atom. The SMILES string of the molecule is COc1ccc(COC[C@H]2OC(C)(C)O[C@@H]2C(=O)C(C)(C)[C@@H](O)CC(C)C)cc1. The van der Waals surface area contributed by atoms with Gasteiger partial charge in [0.15, 0.2) is 11.6 Å². The van der Waals surface area contributed by atoms with Crippen molar-refractivity contribution in [3.8, 4) is 5.75 Å². The lowest BCUT2D eigenvalue weighted by molar-refractivity contribution is -0.163. The van der Waals surface area contributed by atoms with Gasteiger partial charge in [-0.15, -0.1) is 0 Å². The van der Waals surface area contributed by atoms with Crippen molar-refractivity contribution in [2.75, 3.05) is 13.7 Å². The summed E-state index contributed by atoms with van der Waals surface area (Å²) in [6.07, 6.45) is -1.50. The van der Waals surface area contributed by atoms with Gasteiger partial charge in [0.1, 0.15) is 18.0 Å². The summed E-state index contributed by atoms with van der Waals surface area (Å²) in [6.45, 7) is 11.8. The van der Waals surface area contributed by atoms with E-state index in [1.165, 1.54) is 0 Å². The first-order chi connectivity index (χ1) is 13.5. The van der Waals surface area contributed by atoms with Crippen LogP contribution in [-0.4, -0.2) is 48.7 Å². The maximum atomic E-state index is 13.3. The fraction of sp³-hybridized carbons (Fsp3) is 0.696. The van der Waals surface area contributed by atoms with Crippen LogP contribution in [0, 0.1) is 11.3 Å². The van der Waals surface area contributed by atoms with Gasteiger partial charge in [-0.05, 0) is 43.9 Å². The normalized spacial score (nSPS) is 22.7. The molecule has 1 heterocycles. The van der Waals surface area contributed by atoms with E-state index < -0.39 is 29.5 Å². The average molecular weight is 409 g/mol. The number of ketones is 1. The maximum absolute atomic E-state index is 13.3.